The van der Waals surface area contributed by atoms with Crippen molar-refractivity contribution < 1.29 is 0 Å². The summed E-state index contributed by atoms with van der Waals surface area (Å²) in [6, 6.07) is 68.9. The molecule has 7 aromatic carbocycles. The van der Waals surface area contributed by atoms with E-state index in [0.717, 1.165) is 50.9 Å². The van der Waals surface area contributed by atoms with E-state index < -0.39 is 0 Å². The number of para-hydroxylation sites is 4. The summed E-state index contributed by atoms with van der Waals surface area (Å²) in [6.07, 6.45) is 0. The second-order valence-corrected chi connectivity index (χ2v) is 12.8. The van der Waals surface area contributed by atoms with Gasteiger partial charge in [0.2, 0.25) is 0 Å². The first-order valence-electron chi connectivity index (χ1n) is 17.3. The average Bonchev–Trinajstić information content (AvgIpc) is 3.73. The fourth-order valence-corrected chi connectivity index (χ4v) is 7.71. The lowest BCUT2D eigenvalue weighted by atomic mass is 10.1. The van der Waals surface area contributed by atoms with Crippen LogP contribution in [0.15, 0.2) is 194 Å². The van der Waals surface area contributed by atoms with Gasteiger partial charge in [-0.15, -0.1) is 0 Å². The predicted octanol–water partition coefficient (Wildman–Crippen LogP) is 12.4. The summed E-state index contributed by atoms with van der Waals surface area (Å²) < 4.78 is 4.67. The Hall–Kier alpha value is -6.91. The molecule has 0 aliphatic rings. The van der Waals surface area contributed by atoms with Gasteiger partial charge in [-0.2, -0.15) is 0 Å². The molecule has 0 aliphatic carbocycles. The monoisotopic (exact) mass is 652 g/mol. The van der Waals surface area contributed by atoms with Crippen LogP contribution in [0.2, 0.25) is 0 Å². The van der Waals surface area contributed by atoms with Gasteiger partial charge in [-0.1, -0.05) is 115 Å². The fourth-order valence-electron chi connectivity index (χ4n) is 7.71. The zero-order valence-corrected chi connectivity index (χ0v) is 27.8. The molecule has 0 radical (unpaired) electrons. The third-order valence-electron chi connectivity index (χ3n) is 9.91. The summed E-state index contributed by atoms with van der Waals surface area (Å²) in [7, 11) is 0. The van der Waals surface area contributed by atoms with Crippen LogP contribution in [0, 0.1) is 0 Å². The van der Waals surface area contributed by atoms with Crippen LogP contribution in [-0.4, -0.2) is 14.1 Å². The molecule has 0 fully saturated rings. The molecule has 0 unspecified atom stereocenters. The van der Waals surface area contributed by atoms with E-state index in [0.29, 0.717) is 0 Å². The van der Waals surface area contributed by atoms with Gasteiger partial charge in [-0.3, -0.25) is 4.57 Å². The minimum Gasteiger partial charge on any atom is -0.310 e. The molecule has 0 spiro atoms. The van der Waals surface area contributed by atoms with Crippen LogP contribution >= 0.6 is 0 Å². The van der Waals surface area contributed by atoms with Crippen LogP contribution in [0.5, 0.6) is 0 Å². The van der Waals surface area contributed by atoms with E-state index in [9.17, 15) is 0 Å². The second-order valence-electron chi connectivity index (χ2n) is 12.8. The van der Waals surface area contributed by atoms with E-state index >= 15 is 0 Å². The normalized spacial score (nSPS) is 11.5. The summed E-state index contributed by atoms with van der Waals surface area (Å²) >= 11 is 0. The van der Waals surface area contributed by atoms with Gasteiger partial charge in [0.25, 0.3) is 0 Å². The summed E-state index contributed by atoms with van der Waals surface area (Å²) in [5, 5.41) is 4.87. The first-order valence-corrected chi connectivity index (χ1v) is 17.3. The predicted molar refractivity (Wildman–Crippen MR) is 213 cm³/mol. The lowest BCUT2D eigenvalue weighted by molar-refractivity contribution is 1.08. The van der Waals surface area contributed by atoms with Crippen molar-refractivity contribution in [3.05, 3.63) is 194 Å². The third-order valence-corrected chi connectivity index (χ3v) is 9.91. The molecular formula is C47H32N4. The summed E-state index contributed by atoms with van der Waals surface area (Å²) in [5.41, 5.74) is 11.1. The summed E-state index contributed by atoms with van der Waals surface area (Å²) in [6.45, 7) is 0. The number of fused-ring (bicyclic) bond motifs is 6. The highest BCUT2D eigenvalue weighted by atomic mass is 15.2. The molecule has 0 bridgehead atoms. The molecule has 0 N–H and O–H groups in total. The first-order chi connectivity index (χ1) is 25.3. The quantitative estimate of drug-likeness (QED) is 0.179. The number of hydrogen-bond acceptors (Lipinski definition) is 2. The van der Waals surface area contributed by atoms with E-state index in [1.165, 1.54) is 32.6 Å². The number of rotatable bonds is 6. The number of anilines is 3. The molecule has 3 aromatic heterocycles. The molecular weight excluding hydrogens is 621 g/mol. The molecule has 3 heterocycles. The topological polar surface area (TPSA) is 26.0 Å². The minimum atomic E-state index is 0.890. The Morgan fingerprint density at radius 2 is 0.902 bits per heavy atom. The van der Waals surface area contributed by atoms with Gasteiger partial charge in [0.15, 0.2) is 0 Å². The zero-order chi connectivity index (χ0) is 33.7. The van der Waals surface area contributed by atoms with Crippen molar-refractivity contribution in [2.24, 2.45) is 0 Å². The maximum atomic E-state index is 5.20. The third kappa shape index (κ3) is 4.72. The maximum absolute atomic E-state index is 5.20. The van der Waals surface area contributed by atoms with Gasteiger partial charge in [-0.25, -0.2) is 4.98 Å². The Balaban J connectivity index is 1.17. The highest BCUT2D eigenvalue weighted by molar-refractivity contribution is 6.16. The van der Waals surface area contributed by atoms with E-state index in [4.69, 9.17) is 4.98 Å². The van der Waals surface area contributed by atoms with Crippen LogP contribution in [-0.2, 0) is 0 Å². The Morgan fingerprint density at radius 1 is 0.373 bits per heavy atom. The molecule has 0 amide bonds. The van der Waals surface area contributed by atoms with Crippen molar-refractivity contribution in [3.63, 3.8) is 0 Å². The van der Waals surface area contributed by atoms with Crippen molar-refractivity contribution >= 4 is 60.7 Å². The number of hydrogen-bond donors (Lipinski definition) is 0. The van der Waals surface area contributed by atoms with E-state index in [-0.39, 0.29) is 0 Å². The van der Waals surface area contributed by atoms with Crippen molar-refractivity contribution in [1.82, 2.24) is 14.1 Å². The zero-order valence-electron chi connectivity index (χ0n) is 27.8. The highest BCUT2D eigenvalue weighted by Gasteiger charge is 2.22. The molecule has 0 saturated heterocycles. The second kappa shape index (κ2) is 11.9. The van der Waals surface area contributed by atoms with Crippen LogP contribution in [0.1, 0.15) is 0 Å². The van der Waals surface area contributed by atoms with E-state index in [1.807, 2.05) is 6.07 Å². The van der Waals surface area contributed by atoms with Crippen LogP contribution in [0.4, 0.5) is 17.1 Å². The van der Waals surface area contributed by atoms with E-state index in [1.54, 1.807) is 0 Å². The van der Waals surface area contributed by atoms with Gasteiger partial charge in [0, 0.05) is 44.2 Å². The molecule has 0 aliphatic heterocycles. The molecule has 0 atom stereocenters. The molecule has 4 nitrogen and oxygen atoms in total. The molecule has 10 rings (SSSR count). The van der Waals surface area contributed by atoms with Gasteiger partial charge in [0.05, 0.1) is 33.4 Å². The molecule has 240 valence electrons. The number of nitrogens with zero attached hydrogens (tertiary/aromatic N) is 4. The lowest BCUT2D eigenvalue weighted by Crippen LogP contribution is -2.10. The van der Waals surface area contributed by atoms with Gasteiger partial charge in [-0.05, 0) is 78.9 Å². The first kappa shape index (κ1) is 29.0. The Morgan fingerprint density at radius 3 is 1.59 bits per heavy atom. The summed E-state index contributed by atoms with van der Waals surface area (Å²) in [5.74, 6) is 0.890. The highest BCUT2D eigenvalue weighted by Crippen LogP contribution is 2.44. The van der Waals surface area contributed by atoms with Gasteiger partial charge in [0.1, 0.15) is 5.82 Å². The molecule has 10 aromatic rings. The van der Waals surface area contributed by atoms with Crippen LogP contribution in [0.3, 0.4) is 0 Å². The lowest BCUT2D eigenvalue weighted by Gasteiger charge is -2.27. The largest absolute Gasteiger partial charge is 0.310 e. The van der Waals surface area contributed by atoms with Gasteiger partial charge >= 0.3 is 0 Å². The maximum Gasteiger partial charge on any atom is 0.138 e. The number of benzene rings is 7. The smallest absolute Gasteiger partial charge is 0.138 e. The van der Waals surface area contributed by atoms with Crippen molar-refractivity contribution in [3.8, 4) is 22.8 Å². The van der Waals surface area contributed by atoms with Crippen molar-refractivity contribution in [2.75, 3.05) is 4.90 Å². The Kier molecular flexibility index (Phi) is 6.78. The summed E-state index contributed by atoms with van der Waals surface area (Å²) in [4.78, 5) is 7.58. The minimum absolute atomic E-state index is 0.890. The molecule has 51 heavy (non-hydrogen) atoms. The van der Waals surface area contributed by atoms with Crippen LogP contribution in [0.25, 0.3) is 66.4 Å². The SMILES string of the molecule is c1ccc(-c2cccc(-n3c4ccccc4c4c(N(c5ccccc5)c5ccc(-n6c7ccccc7c7ccccc76)cc5)cccc43)n2)cc1. The molecule has 0 saturated carbocycles. The Labute approximate surface area is 295 Å². The van der Waals surface area contributed by atoms with Crippen molar-refractivity contribution in [2.45, 2.75) is 0 Å². The number of pyridine rings is 1. The number of aromatic nitrogens is 3. The van der Waals surface area contributed by atoms with Gasteiger partial charge < -0.3 is 9.47 Å². The van der Waals surface area contributed by atoms with E-state index in [2.05, 4.69) is 202 Å². The average molecular weight is 653 g/mol. The van der Waals surface area contributed by atoms with Crippen molar-refractivity contribution in [1.29, 1.82) is 0 Å². The molecule has 4 heteroatoms. The van der Waals surface area contributed by atoms with Crippen LogP contribution < -0.4 is 4.90 Å². The Bertz CT molecular complexity index is 2800. The standard InChI is InChI=1S/C47H32N4/c1-3-15-33(16-4-1)40-22-13-28-46(48-40)51-43-25-12-9-21-39(43)47-44(26-14-27-45(47)51)49(34-17-5-2-6-18-34)35-29-31-36(32-30-35)50-41-23-10-7-19-37(41)38-20-8-11-24-42(38)50/h1-32H. The fraction of sp³-hybridized carbons (Fsp3) is 0.